The van der Waals surface area contributed by atoms with Crippen LogP contribution in [0.3, 0.4) is 0 Å². The zero-order chi connectivity index (χ0) is 16.7. The number of amides is 1. The van der Waals surface area contributed by atoms with E-state index >= 15 is 0 Å². The van der Waals surface area contributed by atoms with Gasteiger partial charge >= 0.3 is 5.97 Å². The van der Waals surface area contributed by atoms with Gasteiger partial charge in [0.15, 0.2) is 0 Å². The van der Waals surface area contributed by atoms with E-state index < -0.39 is 5.97 Å². The second-order valence-electron chi connectivity index (χ2n) is 4.92. The molecule has 122 valence electrons. The third kappa shape index (κ3) is 6.03. The minimum atomic E-state index is -0.851. The lowest BCUT2D eigenvalue weighted by Gasteiger charge is -2.05. The van der Waals surface area contributed by atoms with Crippen molar-refractivity contribution in [3.8, 4) is 0 Å². The Labute approximate surface area is 143 Å². The standard InChI is InChI=1S/C16H18N2O3S2/c1-11-18-13(9-22-11)10-23-14-6-4-12(5-7-14)16(21)17-8-2-3-15(19)20/h4-7,9H,2-3,8,10H2,1H3,(H,17,21)(H,19,20). The van der Waals surface area contributed by atoms with Gasteiger partial charge in [0.1, 0.15) is 0 Å². The molecule has 5 nitrogen and oxygen atoms in total. The van der Waals surface area contributed by atoms with Crippen molar-refractivity contribution >= 4 is 35.0 Å². The lowest BCUT2D eigenvalue weighted by atomic mass is 10.2. The van der Waals surface area contributed by atoms with Crippen molar-refractivity contribution in [2.75, 3.05) is 6.54 Å². The number of nitrogens with zero attached hydrogens (tertiary/aromatic N) is 1. The van der Waals surface area contributed by atoms with Crippen molar-refractivity contribution in [2.24, 2.45) is 0 Å². The van der Waals surface area contributed by atoms with Gasteiger partial charge in [-0.3, -0.25) is 9.59 Å². The van der Waals surface area contributed by atoms with Crippen LogP contribution in [0.2, 0.25) is 0 Å². The molecule has 2 aromatic rings. The minimum Gasteiger partial charge on any atom is -0.481 e. The summed E-state index contributed by atoms with van der Waals surface area (Å²) in [6.45, 7) is 2.35. The monoisotopic (exact) mass is 350 g/mol. The Hall–Kier alpha value is -1.86. The highest BCUT2D eigenvalue weighted by Crippen LogP contribution is 2.23. The van der Waals surface area contributed by atoms with Crippen LogP contribution in [0.1, 0.15) is 33.9 Å². The van der Waals surface area contributed by atoms with Crippen LogP contribution in [0.5, 0.6) is 0 Å². The number of thiazole rings is 1. The van der Waals surface area contributed by atoms with E-state index in [4.69, 9.17) is 5.11 Å². The molecule has 0 unspecified atom stereocenters. The molecule has 0 saturated carbocycles. The minimum absolute atomic E-state index is 0.0615. The van der Waals surface area contributed by atoms with Gasteiger partial charge in [0.05, 0.1) is 10.7 Å². The van der Waals surface area contributed by atoms with Crippen LogP contribution in [0.25, 0.3) is 0 Å². The first-order valence-electron chi connectivity index (χ1n) is 7.18. The summed E-state index contributed by atoms with van der Waals surface area (Å²) in [5.74, 6) is -0.219. The first kappa shape index (κ1) is 17.5. The molecule has 0 aliphatic rings. The van der Waals surface area contributed by atoms with Crippen LogP contribution in [-0.2, 0) is 10.5 Å². The number of carbonyl (C=O) groups excluding carboxylic acids is 1. The lowest BCUT2D eigenvalue weighted by Crippen LogP contribution is -2.24. The largest absolute Gasteiger partial charge is 0.481 e. The van der Waals surface area contributed by atoms with Gasteiger partial charge in [-0.2, -0.15) is 0 Å². The van der Waals surface area contributed by atoms with Gasteiger partial charge in [-0.25, -0.2) is 4.98 Å². The Balaban J connectivity index is 1.79. The fourth-order valence-electron chi connectivity index (χ4n) is 1.88. The molecule has 0 spiro atoms. The predicted molar refractivity (Wildman–Crippen MR) is 92.1 cm³/mol. The summed E-state index contributed by atoms with van der Waals surface area (Å²) in [6, 6.07) is 7.38. The van der Waals surface area contributed by atoms with Crippen LogP contribution in [0.4, 0.5) is 0 Å². The third-order valence-corrected chi connectivity index (χ3v) is 4.89. The number of aryl methyl sites for hydroxylation is 1. The van der Waals surface area contributed by atoms with Crippen molar-refractivity contribution in [1.82, 2.24) is 10.3 Å². The molecule has 7 heteroatoms. The van der Waals surface area contributed by atoms with Gasteiger partial charge in [0.2, 0.25) is 0 Å². The van der Waals surface area contributed by atoms with Crippen molar-refractivity contribution in [3.63, 3.8) is 0 Å². The first-order valence-corrected chi connectivity index (χ1v) is 9.05. The van der Waals surface area contributed by atoms with E-state index in [2.05, 4.69) is 15.7 Å². The van der Waals surface area contributed by atoms with Crippen LogP contribution < -0.4 is 5.32 Å². The molecule has 1 aromatic carbocycles. The van der Waals surface area contributed by atoms with E-state index in [0.29, 0.717) is 18.5 Å². The van der Waals surface area contributed by atoms with Crippen LogP contribution in [0, 0.1) is 6.92 Å². The highest BCUT2D eigenvalue weighted by Gasteiger charge is 2.06. The predicted octanol–water partition coefficient (Wildman–Crippen LogP) is 3.34. The molecule has 1 heterocycles. The normalized spacial score (nSPS) is 10.5. The lowest BCUT2D eigenvalue weighted by molar-refractivity contribution is -0.137. The van der Waals surface area contributed by atoms with E-state index in [0.717, 1.165) is 21.3 Å². The summed E-state index contributed by atoms with van der Waals surface area (Å²) < 4.78 is 0. The molecule has 0 bridgehead atoms. The molecule has 0 aliphatic heterocycles. The Kier molecular flexibility index (Phi) is 6.61. The molecule has 0 atom stereocenters. The van der Waals surface area contributed by atoms with E-state index in [1.165, 1.54) is 0 Å². The highest BCUT2D eigenvalue weighted by molar-refractivity contribution is 7.98. The molecule has 1 aromatic heterocycles. The van der Waals surface area contributed by atoms with Crippen molar-refractivity contribution in [1.29, 1.82) is 0 Å². The third-order valence-electron chi connectivity index (χ3n) is 3.02. The average molecular weight is 350 g/mol. The molecule has 0 saturated heterocycles. The maximum Gasteiger partial charge on any atom is 0.303 e. The number of hydrogen-bond acceptors (Lipinski definition) is 5. The summed E-state index contributed by atoms with van der Waals surface area (Å²) in [6.07, 6.45) is 0.494. The maximum atomic E-state index is 11.9. The van der Waals surface area contributed by atoms with Crippen molar-refractivity contribution in [3.05, 3.63) is 45.9 Å². The average Bonchev–Trinajstić information content (AvgIpc) is 2.95. The van der Waals surface area contributed by atoms with Gasteiger partial charge in [-0.15, -0.1) is 23.1 Å². The number of aliphatic carboxylic acids is 1. The van der Waals surface area contributed by atoms with Gasteiger partial charge in [0, 0.05) is 34.6 Å². The molecular weight excluding hydrogens is 332 g/mol. The number of hydrogen-bond donors (Lipinski definition) is 2. The number of carboxylic acids is 1. The van der Waals surface area contributed by atoms with Crippen LogP contribution >= 0.6 is 23.1 Å². The summed E-state index contributed by atoms with van der Waals surface area (Å²) >= 11 is 3.32. The van der Waals surface area contributed by atoms with Crippen molar-refractivity contribution in [2.45, 2.75) is 30.4 Å². The summed E-state index contributed by atoms with van der Waals surface area (Å²) in [5, 5.41) is 14.4. The number of benzene rings is 1. The topological polar surface area (TPSA) is 79.3 Å². The Morgan fingerprint density at radius 2 is 2.04 bits per heavy atom. The fourth-order valence-corrected chi connectivity index (χ4v) is 3.39. The zero-order valence-corrected chi connectivity index (χ0v) is 14.4. The quantitative estimate of drug-likeness (QED) is 0.564. The highest BCUT2D eigenvalue weighted by atomic mass is 32.2. The molecule has 0 aliphatic carbocycles. The van der Waals surface area contributed by atoms with E-state index in [1.807, 2.05) is 19.1 Å². The SMILES string of the molecule is Cc1nc(CSc2ccc(C(=O)NCCCC(=O)O)cc2)cs1. The van der Waals surface area contributed by atoms with Crippen LogP contribution in [-0.4, -0.2) is 28.5 Å². The number of thioether (sulfide) groups is 1. The zero-order valence-electron chi connectivity index (χ0n) is 12.7. The van der Waals surface area contributed by atoms with E-state index in [-0.39, 0.29) is 12.3 Å². The summed E-state index contributed by atoms with van der Waals surface area (Å²) in [4.78, 5) is 27.8. The Bertz CT molecular complexity index is 668. The number of carboxylic acid groups (broad SMARTS) is 1. The number of nitrogens with one attached hydrogen (secondary N) is 1. The Morgan fingerprint density at radius 1 is 1.30 bits per heavy atom. The van der Waals surface area contributed by atoms with Crippen molar-refractivity contribution < 1.29 is 14.7 Å². The van der Waals surface area contributed by atoms with Gasteiger partial charge in [-0.05, 0) is 37.6 Å². The molecule has 0 fully saturated rings. The molecule has 1 amide bonds. The van der Waals surface area contributed by atoms with Crippen LogP contribution in [0.15, 0.2) is 34.5 Å². The maximum absolute atomic E-state index is 11.9. The van der Waals surface area contributed by atoms with Gasteiger partial charge in [-0.1, -0.05) is 0 Å². The molecule has 2 N–H and O–H groups in total. The number of rotatable bonds is 8. The van der Waals surface area contributed by atoms with Gasteiger partial charge in [0.25, 0.3) is 5.91 Å². The second-order valence-corrected chi connectivity index (χ2v) is 7.04. The van der Waals surface area contributed by atoms with E-state index in [1.54, 1.807) is 35.2 Å². The molecular formula is C16H18N2O3S2. The summed E-state index contributed by atoms with van der Waals surface area (Å²) in [7, 11) is 0. The number of carbonyl (C=O) groups is 2. The molecule has 23 heavy (non-hydrogen) atoms. The smallest absolute Gasteiger partial charge is 0.303 e. The number of aromatic nitrogens is 1. The fraction of sp³-hybridized carbons (Fsp3) is 0.312. The second kappa shape index (κ2) is 8.69. The van der Waals surface area contributed by atoms with Gasteiger partial charge < -0.3 is 10.4 Å². The molecule has 0 radical (unpaired) electrons. The first-order chi connectivity index (χ1) is 11.0. The Morgan fingerprint density at radius 3 is 2.65 bits per heavy atom. The summed E-state index contributed by atoms with van der Waals surface area (Å²) in [5.41, 5.74) is 1.65. The molecule has 2 rings (SSSR count). The van der Waals surface area contributed by atoms with E-state index in [9.17, 15) is 9.59 Å².